The van der Waals surface area contributed by atoms with Crippen LogP contribution in [0.25, 0.3) is 0 Å². The molecule has 0 radical (unpaired) electrons. The summed E-state index contributed by atoms with van der Waals surface area (Å²) in [6.07, 6.45) is -4.64. The second-order valence-corrected chi connectivity index (χ2v) is 5.14. The monoisotopic (exact) mass is 295 g/mol. The standard InChI is InChI=1S/C11H12F3NO3S/c1-6(16)4-8(10(17)18)19-9-3-2-7(5-15-9)11(12,13)14/h2-3,5-6,8,16H,4H2,1H3,(H,17,18)/t6-,8+/m1/s1. The molecule has 1 aromatic heterocycles. The lowest BCUT2D eigenvalue weighted by Crippen LogP contribution is -2.21. The Kier molecular flexibility index (Phi) is 5.19. The van der Waals surface area contributed by atoms with Crippen molar-refractivity contribution in [1.82, 2.24) is 4.98 Å². The smallest absolute Gasteiger partial charge is 0.417 e. The molecule has 0 aliphatic rings. The summed E-state index contributed by atoms with van der Waals surface area (Å²) in [5, 5.41) is 17.3. The van der Waals surface area contributed by atoms with E-state index in [0.29, 0.717) is 6.20 Å². The normalized spacial score (nSPS) is 15.0. The van der Waals surface area contributed by atoms with Crippen molar-refractivity contribution >= 4 is 17.7 Å². The Hall–Kier alpha value is -1.28. The van der Waals surface area contributed by atoms with Crippen LogP contribution in [-0.4, -0.2) is 32.5 Å². The number of thioether (sulfide) groups is 1. The molecule has 0 aliphatic heterocycles. The Morgan fingerprint density at radius 1 is 1.47 bits per heavy atom. The van der Waals surface area contributed by atoms with Crippen molar-refractivity contribution in [1.29, 1.82) is 0 Å². The Morgan fingerprint density at radius 3 is 2.47 bits per heavy atom. The molecular formula is C11H12F3NO3S. The van der Waals surface area contributed by atoms with Gasteiger partial charge in [-0.1, -0.05) is 11.8 Å². The number of aliphatic hydroxyl groups is 1. The van der Waals surface area contributed by atoms with E-state index in [-0.39, 0.29) is 11.4 Å². The fraction of sp³-hybridized carbons (Fsp3) is 0.455. The van der Waals surface area contributed by atoms with Crippen LogP contribution in [0.1, 0.15) is 18.9 Å². The molecule has 0 aliphatic carbocycles. The minimum Gasteiger partial charge on any atom is -0.480 e. The molecule has 1 rings (SSSR count). The zero-order chi connectivity index (χ0) is 14.6. The largest absolute Gasteiger partial charge is 0.480 e. The van der Waals surface area contributed by atoms with Crippen LogP contribution in [0, 0.1) is 0 Å². The lowest BCUT2D eigenvalue weighted by Gasteiger charge is -2.13. The molecule has 2 N–H and O–H groups in total. The molecule has 1 heterocycles. The minimum absolute atomic E-state index is 0.0112. The molecule has 8 heteroatoms. The quantitative estimate of drug-likeness (QED) is 0.816. The molecule has 0 saturated heterocycles. The van der Waals surface area contributed by atoms with Gasteiger partial charge in [0.2, 0.25) is 0 Å². The van der Waals surface area contributed by atoms with Gasteiger partial charge in [-0.3, -0.25) is 4.79 Å². The Morgan fingerprint density at radius 2 is 2.11 bits per heavy atom. The summed E-state index contributed by atoms with van der Waals surface area (Å²) in [4.78, 5) is 14.5. The molecule has 19 heavy (non-hydrogen) atoms. The van der Waals surface area contributed by atoms with Gasteiger partial charge in [0.1, 0.15) is 5.25 Å². The maximum Gasteiger partial charge on any atom is 0.417 e. The van der Waals surface area contributed by atoms with Crippen molar-refractivity contribution in [2.24, 2.45) is 0 Å². The number of carbonyl (C=O) groups is 1. The van der Waals surface area contributed by atoms with E-state index in [1.165, 1.54) is 6.92 Å². The molecule has 0 fully saturated rings. The van der Waals surface area contributed by atoms with Crippen molar-refractivity contribution in [2.75, 3.05) is 0 Å². The number of nitrogens with zero attached hydrogens (tertiary/aromatic N) is 1. The van der Waals surface area contributed by atoms with Crippen LogP contribution in [0.4, 0.5) is 13.2 Å². The molecule has 0 spiro atoms. The van der Waals surface area contributed by atoms with E-state index in [9.17, 15) is 18.0 Å². The number of pyridine rings is 1. The van der Waals surface area contributed by atoms with Gasteiger partial charge in [-0.2, -0.15) is 13.2 Å². The molecule has 0 amide bonds. The second kappa shape index (κ2) is 6.25. The first-order valence-corrected chi connectivity index (χ1v) is 6.19. The van der Waals surface area contributed by atoms with Crippen LogP contribution in [0.15, 0.2) is 23.4 Å². The van der Waals surface area contributed by atoms with Gasteiger partial charge >= 0.3 is 12.1 Å². The van der Waals surface area contributed by atoms with Crippen molar-refractivity contribution < 1.29 is 28.2 Å². The number of halogens is 3. The van der Waals surface area contributed by atoms with E-state index in [2.05, 4.69) is 4.98 Å². The zero-order valence-corrected chi connectivity index (χ0v) is 10.7. The van der Waals surface area contributed by atoms with Crippen LogP contribution in [0.2, 0.25) is 0 Å². The third-order valence-electron chi connectivity index (χ3n) is 2.16. The third-order valence-corrected chi connectivity index (χ3v) is 3.32. The first kappa shape index (κ1) is 15.8. The summed E-state index contributed by atoms with van der Waals surface area (Å²) in [6.45, 7) is 1.44. The van der Waals surface area contributed by atoms with Crippen molar-refractivity contribution in [3.8, 4) is 0 Å². The van der Waals surface area contributed by atoms with Crippen LogP contribution in [0.5, 0.6) is 0 Å². The fourth-order valence-corrected chi connectivity index (χ4v) is 2.30. The van der Waals surface area contributed by atoms with Gasteiger partial charge in [0, 0.05) is 6.20 Å². The Bertz CT molecular complexity index is 434. The van der Waals surface area contributed by atoms with Gasteiger partial charge in [-0.25, -0.2) is 4.98 Å². The highest BCUT2D eigenvalue weighted by Gasteiger charge is 2.31. The Balaban J connectivity index is 2.78. The van der Waals surface area contributed by atoms with Gasteiger partial charge in [0.05, 0.1) is 16.7 Å². The Labute approximate surface area is 111 Å². The fourth-order valence-electron chi connectivity index (χ4n) is 1.27. The summed E-state index contributed by atoms with van der Waals surface area (Å²) in [7, 11) is 0. The number of aromatic nitrogens is 1. The van der Waals surface area contributed by atoms with Crippen LogP contribution < -0.4 is 0 Å². The molecule has 0 bridgehead atoms. The van der Waals surface area contributed by atoms with E-state index < -0.39 is 29.1 Å². The predicted molar refractivity (Wildman–Crippen MR) is 62.8 cm³/mol. The van der Waals surface area contributed by atoms with Crippen LogP contribution >= 0.6 is 11.8 Å². The lowest BCUT2D eigenvalue weighted by molar-refractivity contribution is -0.138. The van der Waals surface area contributed by atoms with Gasteiger partial charge in [-0.05, 0) is 25.5 Å². The van der Waals surface area contributed by atoms with Gasteiger partial charge in [-0.15, -0.1) is 0 Å². The topological polar surface area (TPSA) is 70.4 Å². The average molecular weight is 295 g/mol. The van der Waals surface area contributed by atoms with E-state index >= 15 is 0 Å². The van der Waals surface area contributed by atoms with E-state index in [1.807, 2.05) is 0 Å². The number of carboxylic acids is 1. The number of aliphatic carboxylic acids is 1. The summed E-state index contributed by atoms with van der Waals surface area (Å²) >= 11 is 0.806. The van der Waals surface area contributed by atoms with E-state index in [1.54, 1.807) is 0 Å². The van der Waals surface area contributed by atoms with Gasteiger partial charge < -0.3 is 10.2 Å². The number of aliphatic hydroxyl groups excluding tert-OH is 1. The highest BCUT2D eigenvalue weighted by Crippen LogP contribution is 2.31. The van der Waals surface area contributed by atoms with Crippen LogP contribution in [-0.2, 0) is 11.0 Å². The number of alkyl halides is 3. The summed E-state index contributed by atoms with van der Waals surface area (Å²) in [5.41, 5.74) is -0.890. The van der Waals surface area contributed by atoms with Crippen LogP contribution in [0.3, 0.4) is 0 Å². The molecule has 106 valence electrons. The first-order valence-electron chi connectivity index (χ1n) is 5.31. The van der Waals surface area contributed by atoms with E-state index in [4.69, 9.17) is 10.2 Å². The minimum atomic E-state index is -4.47. The van der Waals surface area contributed by atoms with Crippen molar-refractivity contribution in [3.05, 3.63) is 23.9 Å². The lowest BCUT2D eigenvalue weighted by atomic mass is 10.2. The third kappa shape index (κ3) is 5.07. The highest BCUT2D eigenvalue weighted by atomic mass is 32.2. The molecular weight excluding hydrogens is 283 g/mol. The average Bonchev–Trinajstić information content (AvgIpc) is 2.27. The summed E-state index contributed by atoms with van der Waals surface area (Å²) in [6, 6.07) is 1.96. The summed E-state index contributed by atoms with van der Waals surface area (Å²) in [5.74, 6) is -1.15. The maximum atomic E-state index is 12.3. The zero-order valence-electron chi connectivity index (χ0n) is 9.89. The first-order chi connectivity index (χ1) is 8.70. The number of rotatable bonds is 5. The SMILES string of the molecule is C[C@@H](O)C[C@H](Sc1ccc(C(F)(F)F)cn1)C(=O)O. The molecule has 0 aromatic carbocycles. The summed E-state index contributed by atoms with van der Waals surface area (Å²) < 4.78 is 36.9. The molecule has 1 aromatic rings. The van der Waals surface area contributed by atoms with Crippen molar-refractivity contribution in [3.63, 3.8) is 0 Å². The predicted octanol–water partition coefficient (Wildman–Crippen LogP) is 2.42. The maximum absolute atomic E-state index is 12.3. The molecule has 0 saturated carbocycles. The molecule has 0 unspecified atom stereocenters. The molecule has 2 atom stereocenters. The number of hydrogen-bond acceptors (Lipinski definition) is 4. The van der Waals surface area contributed by atoms with Crippen molar-refractivity contribution in [2.45, 2.75) is 35.9 Å². The number of carboxylic acid groups (broad SMARTS) is 1. The van der Waals surface area contributed by atoms with E-state index in [0.717, 1.165) is 23.9 Å². The second-order valence-electron chi connectivity index (χ2n) is 3.91. The van der Waals surface area contributed by atoms with Gasteiger partial charge in [0.25, 0.3) is 0 Å². The number of hydrogen-bond donors (Lipinski definition) is 2. The highest BCUT2D eigenvalue weighted by molar-refractivity contribution is 8.00. The van der Waals surface area contributed by atoms with Gasteiger partial charge in [0.15, 0.2) is 0 Å². The molecule has 4 nitrogen and oxygen atoms in total.